The molecule has 7 heteroatoms. The molecule has 96 valence electrons. The summed E-state index contributed by atoms with van der Waals surface area (Å²) in [7, 11) is 1.53. The van der Waals surface area contributed by atoms with Crippen molar-refractivity contribution in [2.75, 3.05) is 0 Å². The summed E-state index contributed by atoms with van der Waals surface area (Å²) in [5.41, 5.74) is -0.398. The van der Waals surface area contributed by atoms with E-state index >= 15 is 0 Å². The standard InChI is InChI=1S/C10H16ClN3O2S/c1-10(2,3)14-8(6-7-4-5-7)12-13-9(14)17(11,15)16/h7H,4-6H2,1-3H3. The Kier molecular flexibility index (Phi) is 2.98. The molecule has 1 aromatic rings. The molecule has 1 aliphatic rings. The van der Waals surface area contributed by atoms with Crippen LogP contribution in [0.15, 0.2) is 5.16 Å². The Morgan fingerprint density at radius 3 is 2.35 bits per heavy atom. The predicted octanol–water partition coefficient (Wildman–Crippen LogP) is 1.91. The lowest BCUT2D eigenvalue weighted by molar-refractivity contribution is 0.349. The molecule has 0 atom stereocenters. The van der Waals surface area contributed by atoms with E-state index in [2.05, 4.69) is 10.2 Å². The number of hydrogen-bond acceptors (Lipinski definition) is 4. The summed E-state index contributed by atoms with van der Waals surface area (Å²) in [4.78, 5) is 0. The number of nitrogens with zero attached hydrogens (tertiary/aromatic N) is 3. The molecule has 1 aromatic heterocycles. The Balaban J connectivity index is 2.50. The highest BCUT2D eigenvalue weighted by Crippen LogP contribution is 2.34. The second-order valence-electron chi connectivity index (χ2n) is 5.49. The number of hydrogen-bond donors (Lipinski definition) is 0. The molecule has 1 aliphatic carbocycles. The first-order chi connectivity index (χ1) is 7.69. The molecule has 17 heavy (non-hydrogen) atoms. The van der Waals surface area contributed by atoms with E-state index in [0.717, 1.165) is 6.42 Å². The van der Waals surface area contributed by atoms with Gasteiger partial charge in [-0.15, -0.1) is 10.2 Å². The van der Waals surface area contributed by atoms with Gasteiger partial charge in [-0.25, -0.2) is 8.42 Å². The van der Waals surface area contributed by atoms with Gasteiger partial charge >= 0.3 is 0 Å². The van der Waals surface area contributed by atoms with Gasteiger partial charge in [-0.05, 0) is 39.5 Å². The lowest BCUT2D eigenvalue weighted by Gasteiger charge is -2.24. The third-order valence-corrected chi connectivity index (χ3v) is 3.87. The quantitative estimate of drug-likeness (QED) is 0.792. The minimum Gasteiger partial charge on any atom is -0.295 e. The van der Waals surface area contributed by atoms with Gasteiger partial charge in [0.1, 0.15) is 5.82 Å². The molecule has 0 aliphatic heterocycles. The predicted molar refractivity (Wildman–Crippen MR) is 64.5 cm³/mol. The Morgan fingerprint density at radius 2 is 1.94 bits per heavy atom. The van der Waals surface area contributed by atoms with Gasteiger partial charge in [-0.1, -0.05) is 0 Å². The van der Waals surface area contributed by atoms with Crippen molar-refractivity contribution in [3.8, 4) is 0 Å². The van der Waals surface area contributed by atoms with Gasteiger partial charge in [0.25, 0.3) is 14.2 Å². The summed E-state index contributed by atoms with van der Waals surface area (Å²) >= 11 is 0. The van der Waals surface area contributed by atoms with E-state index < -0.39 is 14.6 Å². The minimum atomic E-state index is -3.85. The maximum atomic E-state index is 11.5. The zero-order chi connectivity index (χ0) is 12.8. The topological polar surface area (TPSA) is 64.8 Å². The van der Waals surface area contributed by atoms with Crippen molar-refractivity contribution < 1.29 is 8.42 Å². The van der Waals surface area contributed by atoms with E-state index in [1.165, 1.54) is 12.8 Å². The molecule has 0 bridgehead atoms. The van der Waals surface area contributed by atoms with Crippen LogP contribution in [-0.2, 0) is 21.0 Å². The fourth-order valence-corrected chi connectivity index (χ4v) is 2.88. The molecule has 0 N–H and O–H groups in total. The van der Waals surface area contributed by atoms with Crippen molar-refractivity contribution in [2.24, 2.45) is 5.92 Å². The van der Waals surface area contributed by atoms with E-state index in [9.17, 15) is 8.42 Å². The summed E-state index contributed by atoms with van der Waals surface area (Å²) in [6, 6.07) is 0. The zero-order valence-corrected chi connectivity index (χ0v) is 11.7. The highest BCUT2D eigenvalue weighted by Gasteiger charge is 2.32. The van der Waals surface area contributed by atoms with Crippen molar-refractivity contribution in [2.45, 2.75) is 50.7 Å². The monoisotopic (exact) mass is 277 g/mol. The van der Waals surface area contributed by atoms with Crippen LogP contribution < -0.4 is 0 Å². The second-order valence-corrected chi connectivity index (χ2v) is 7.95. The fourth-order valence-electron chi connectivity index (χ4n) is 1.84. The molecule has 0 amide bonds. The van der Waals surface area contributed by atoms with Crippen LogP contribution in [0.4, 0.5) is 0 Å². The second kappa shape index (κ2) is 3.95. The Labute approximate surface area is 106 Å². The first kappa shape index (κ1) is 12.8. The van der Waals surface area contributed by atoms with Gasteiger partial charge in [0.05, 0.1) is 0 Å². The molecule has 2 rings (SSSR count). The van der Waals surface area contributed by atoms with Gasteiger partial charge in [-0.3, -0.25) is 4.57 Å². The maximum Gasteiger partial charge on any atom is 0.296 e. The smallest absolute Gasteiger partial charge is 0.295 e. The van der Waals surface area contributed by atoms with Gasteiger partial charge in [0, 0.05) is 22.6 Å². The van der Waals surface area contributed by atoms with Crippen LogP contribution in [0.5, 0.6) is 0 Å². The Bertz CT molecular complexity index is 526. The van der Waals surface area contributed by atoms with E-state index in [0.29, 0.717) is 11.7 Å². The van der Waals surface area contributed by atoms with Crippen molar-refractivity contribution in [1.82, 2.24) is 14.8 Å². The zero-order valence-electron chi connectivity index (χ0n) is 10.1. The Hall–Kier alpha value is -0.620. The molecule has 0 radical (unpaired) electrons. The van der Waals surface area contributed by atoms with E-state index in [1.807, 2.05) is 20.8 Å². The molecule has 1 fully saturated rings. The summed E-state index contributed by atoms with van der Waals surface area (Å²) in [6.07, 6.45) is 3.14. The maximum absolute atomic E-state index is 11.5. The van der Waals surface area contributed by atoms with E-state index in [4.69, 9.17) is 10.7 Å². The van der Waals surface area contributed by atoms with Crippen LogP contribution in [0, 0.1) is 5.92 Å². The summed E-state index contributed by atoms with van der Waals surface area (Å²) in [5.74, 6) is 1.32. The van der Waals surface area contributed by atoms with E-state index in [1.54, 1.807) is 4.57 Å². The van der Waals surface area contributed by atoms with Crippen molar-refractivity contribution in [1.29, 1.82) is 0 Å². The molecular weight excluding hydrogens is 262 g/mol. The number of halogens is 1. The lowest BCUT2D eigenvalue weighted by atomic mass is 10.1. The van der Waals surface area contributed by atoms with Crippen LogP contribution >= 0.6 is 10.7 Å². The number of rotatable bonds is 3. The third kappa shape index (κ3) is 2.80. The molecule has 0 spiro atoms. The van der Waals surface area contributed by atoms with Crippen LogP contribution in [0.3, 0.4) is 0 Å². The average molecular weight is 278 g/mol. The summed E-state index contributed by atoms with van der Waals surface area (Å²) in [6.45, 7) is 5.75. The van der Waals surface area contributed by atoms with Crippen LogP contribution in [0.2, 0.25) is 0 Å². The van der Waals surface area contributed by atoms with Gasteiger partial charge in [-0.2, -0.15) is 0 Å². The molecule has 0 aromatic carbocycles. The first-order valence-electron chi connectivity index (χ1n) is 5.59. The SMILES string of the molecule is CC(C)(C)n1c(CC2CC2)nnc1S(=O)(=O)Cl. The normalized spacial score (nSPS) is 17.4. The summed E-state index contributed by atoms with van der Waals surface area (Å²) < 4.78 is 24.5. The lowest BCUT2D eigenvalue weighted by Crippen LogP contribution is -2.27. The minimum absolute atomic E-state index is 0.151. The van der Waals surface area contributed by atoms with Crippen molar-refractivity contribution in [3.05, 3.63) is 5.82 Å². The third-order valence-electron chi connectivity index (χ3n) is 2.76. The molecule has 5 nitrogen and oxygen atoms in total. The largest absolute Gasteiger partial charge is 0.296 e. The molecular formula is C10H16ClN3O2S. The van der Waals surface area contributed by atoms with Crippen molar-refractivity contribution >= 4 is 19.7 Å². The first-order valence-corrected chi connectivity index (χ1v) is 7.90. The average Bonchev–Trinajstić information content (AvgIpc) is 2.77. The molecule has 0 saturated heterocycles. The van der Waals surface area contributed by atoms with Gasteiger partial charge < -0.3 is 0 Å². The summed E-state index contributed by atoms with van der Waals surface area (Å²) in [5, 5.41) is 7.56. The molecule has 0 unspecified atom stereocenters. The van der Waals surface area contributed by atoms with Gasteiger partial charge in [0.15, 0.2) is 0 Å². The molecule has 1 heterocycles. The molecule has 1 saturated carbocycles. The van der Waals surface area contributed by atoms with E-state index in [-0.39, 0.29) is 5.16 Å². The van der Waals surface area contributed by atoms with Crippen LogP contribution in [0.25, 0.3) is 0 Å². The van der Waals surface area contributed by atoms with Crippen LogP contribution in [-0.4, -0.2) is 23.2 Å². The fraction of sp³-hybridized carbons (Fsp3) is 0.800. The number of aromatic nitrogens is 3. The van der Waals surface area contributed by atoms with Crippen molar-refractivity contribution in [3.63, 3.8) is 0 Å². The highest BCUT2D eigenvalue weighted by atomic mass is 35.7. The Morgan fingerprint density at radius 1 is 1.35 bits per heavy atom. The van der Waals surface area contributed by atoms with Gasteiger partial charge in [0.2, 0.25) is 0 Å². The highest BCUT2D eigenvalue weighted by molar-refractivity contribution is 8.13. The van der Waals surface area contributed by atoms with Crippen LogP contribution in [0.1, 0.15) is 39.4 Å².